The van der Waals surface area contributed by atoms with Crippen molar-refractivity contribution in [3.63, 3.8) is 0 Å². The van der Waals surface area contributed by atoms with Crippen LogP contribution in [0, 0.1) is 0 Å². The second-order valence-electron chi connectivity index (χ2n) is 6.07. The van der Waals surface area contributed by atoms with Gasteiger partial charge in [0, 0.05) is 5.69 Å². The minimum absolute atomic E-state index is 0.00744. The molecule has 26 heavy (non-hydrogen) atoms. The Hall–Kier alpha value is -2.91. The standard InChI is InChI=1S/C23H23NO2/c1-2-18-11-9-10-16-21(18)24-22(25)17-26-23(19-12-5-3-6-13-19)20-14-7-4-8-15-20/h3-16,23H,2,17H2,1H3,(H,24,25). The number of aryl methyl sites for hydroxylation is 1. The Labute approximate surface area is 154 Å². The Morgan fingerprint density at radius 3 is 1.96 bits per heavy atom. The lowest BCUT2D eigenvalue weighted by molar-refractivity contribution is -0.121. The minimum atomic E-state index is -0.274. The molecule has 3 rings (SSSR count). The summed E-state index contributed by atoms with van der Waals surface area (Å²) in [6.45, 7) is 2.06. The Morgan fingerprint density at radius 1 is 0.846 bits per heavy atom. The SMILES string of the molecule is CCc1ccccc1NC(=O)COC(c1ccccc1)c1ccccc1. The van der Waals surface area contributed by atoms with Crippen LogP contribution in [0.5, 0.6) is 0 Å². The van der Waals surface area contributed by atoms with E-state index in [4.69, 9.17) is 4.74 Å². The van der Waals surface area contributed by atoms with E-state index in [9.17, 15) is 4.79 Å². The lowest BCUT2D eigenvalue weighted by atomic mass is 10.0. The maximum absolute atomic E-state index is 12.4. The van der Waals surface area contributed by atoms with E-state index >= 15 is 0 Å². The molecule has 0 aliphatic heterocycles. The molecule has 3 heteroatoms. The van der Waals surface area contributed by atoms with Crippen LogP contribution < -0.4 is 5.32 Å². The summed E-state index contributed by atoms with van der Waals surface area (Å²) in [4.78, 5) is 12.4. The number of para-hydroxylation sites is 1. The highest BCUT2D eigenvalue weighted by molar-refractivity contribution is 5.92. The van der Waals surface area contributed by atoms with E-state index in [-0.39, 0.29) is 18.6 Å². The van der Waals surface area contributed by atoms with E-state index in [1.54, 1.807) is 0 Å². The Balaban J connectivity index is 1.71. The van der Waals surface area contributed by atoms with Gasteiger partial charge in [-0.3, -0.25) is 4.79 Å². The molecule has 0 atom stereocenters. The molecule has 0 heterocycles. The normalized spacial score (nSPS) is 10.7. The molecule has 0 radical (unpaired) electrons. The Bertz CT molecular complexity index is 792. The van der Waals surface area contributed by atoms with Gasteiger partial charge >= 0.3 is 0 Å². The first-order valence-corrected chi connectivity index (χ1v) is 8.87. The molecule has 0 aromatic heterocycles. The summed E-state index contributed by atoms with van der Waals surface area (Å²) in [6.07, 6.45) is 0.595. The number of amides is 1. The van der Waals surface area contributed by atoms with Crippen LogP contribution in [0.25, 0.3) is 0 Å². The summed E-state index contributed by atoms with van der Waals surface area (Å²) in [5.41, 5.74) is 4.02. The van der Waals surface area contributed by atoms with Gasteiger partial charge in [-0.2, -0.15) is 0 Å². The van der Waals surface area contributed by atoms with Gasteiger partial charge in [-0.05, 0) is 29.2 Å². The summed E-state index contributed by atoms with van der Waals surface area (Å²) in [5, 5.41) is 2.96. The van der Waals surface area contributed by atoms with Crippen LogP contribution in [0.15, 0.2) is 84.9 Å². The summed E-state index contributed by atoms with van der Waals surface area (Å²) >= 11 is 0. The molecule has 132 valence electrons. The van der Waals surface area contributed by atoms with Crippen molar-refractivity contribution in [2.75, 3.05) is 11.9 Å². The third-order valence-electron chi connectivity index (χ3n) is 4.26. The van der Waals surface area contributed by atoms with Crippen molar-refractivity contribution in [1.82, 2.24) is 0 Å². The minimum Gasteiger partial charge on any atom is -0.359 e. The highest BCUT2D eigenvalue weighted by Gasteiger charge is 2.16. The first kappa shape index (κ1) is 17.9. The molecule has 0 bridgehead atoms. The number of ether oxygens (including phenoxy) is 1. The Morgan fingerprint density at radius 2 is 1.38 bits per heavy atom. The van der Waals surface area contributed by atoms with Crippen LogP contribution in [0.2, 0.25) is 0 Å². The maximum atomic E-state index is 12.4. The van der Waals surface area contributed by atoms with Gasteiger partial charge in [0.2, 0.25) is 5.91 Å². The molecule has 3 aromatic rings. The molecule has 3 nitrogen and oxygen atoms in total. The molecule has 0 fully saturated rings. The molecule has 1 amide bonds. The van der Waals surface area contributed by atoms with Crippen molar-refractivity contribution < 1.29 is 9.53 Å². The second kappa shape index (κ2) is 8.97. The quantitative estimate of drug-likeness (QED) is 0.655. The van der Waals surface area contributed by atoms with Gasteiger partial charge in [-0.15, -0.1) is 0 Å². The number of rotatable bonds is 7. The number of hydrogen-bond donors (Lipinski definition) is 1. The van der Waals surface area contributed by atoms with Gasteiger partial charge in [0.25, 0.3) is 0 Å². The van der Waals surface area contributed by atoms with E-state index < -0.39 is 0 Å². The van der Waals surface area contributed by atoms with Gasteiger partial charge in [-0.25, -0.2) is 0 Å². The van der Waals surface area contributed by atoms with Gasteiger partial charge < -0.3 is 10.1 Å². The summed E-state index contributed by atoms with van der Waals surface area (Å²) in [5.74, 6) is -0.150. The number of benzene rings is 3. The lowest BCUT2D eigenvalue weighted by Gasteiger charge is -2.19. The van der Waals surface area contributed by atoms with Crippen molar-refractivity contribution in [1.29, 1.82) is 0 Å². The van der Waals surface area contributed by atoms with E-state index in [0.717, 1.165) is 28.8 Å². The number of hydrogen-bond acceptors (Lipinski definition) is 2. The number of carbonyl (C=O) groups excluding carboxylic acids is 1. The largest absolute Gasteiger partial charge is 0.359 e. The summed E-state index contributed by atoms with van der Waals surface area (Å²) in [7, 11) is 0. The Kier molecular flexibility index (Phi) is 6.18. The van der Waals surface area contributed by atoms with E-state index in [0.29, 0.717) is 0 Å². The van der Waals surface area contributed by atoms with Gasteiger partial charge in [-0.1, -0.05) is 85.8 Å². The van der Waals surface area contributed by atoms with Gasteiger partial charge in [0.1, 0.15) is 12.7 Å². The number of carbonyl (C=O) groups is 1. The highest BCUT2D eigenvalue weighted by atomic mass is 16.5. The van der Waals surface area contributed by atoms with Crippen molar-refractivity contribution in [2.45, 2.75) is 19.4 Å². The first-order valence-electron chi connectivity index (χ1n) is 8.87. The lowest BCUT2D eigenvalue weighted by Crippen LogP contribution is -2.21. The highest BCUT2D eigenvalue weighted by Crippen LogP contribution is 2.25. The second-order valence-corrected chi connectivity index (χ2v) is 6.07. The molecule has 0 spiro atoms. The molecular formula is C23H23NO2. The van der Waals surface area contributed by atoms with Crippen molar-refractivity contribution in [3.8, 4) is 0 Å². The van der Waals surface area contributed by atoms with E-state index in [1.165, 1.54) is 0 Å². The average molecular weight is 345 g/mol. The van der Waals surface area contributed by atoms with Crippen molar-refractivity contribution in [2.24, 2.45) is 0 Å². The van der Waals surface area contributed by atoms with E-state index in [1.807, 2.05) is 84.9 Å². The maximum Gasteiger partial charge on any atom is 0.250 e. The third kappa shape index (κ3) is 4.58. The zero-order valence-electron chi connectivity index (χ0n) is 14.9. The van der Waals surface area contributed by atoms with Gasteiger partial charge in [0.15, 0.2) is 0 Å². The smallest absolute Gasteiger partial charge is 0.250 e. The van der Waals surface area contributed by atoms with Crippen LogP contribution in [-0.4, -0.2) is 12.5 Å². The third-order valence-corrected chi connectivity index (χ3v) is 4.26. The molecule has 1 N–H and O–H groups in total. The molecule has 0 saturated heterocycles. The first-order chi connectivity index (χ1) is 12.8. The average Bonchev–Trinajstić information content (AvgIpc) is 2.70. The molecule has 0 aliphatic carbocycles. The van der Waals surface area contributed by atoms with Gasteiger partial charge in [0.05, 0.1) is 0 Å². The van der Waals surface area contributed by atoms with Crippen LogP contribution in [0.4, 0.5) is 5.69 Å². The summed E-state index contributed by atoms with van der Waals surface area (Å²) in [6, 6.07) is 27.8. The predicted octanol–water partition coefficient (Wildman–Crippen LogP) is 4.99. The molecule has 0 aliphatic rings. The van der Waals surface area contributed by atoms with Crippen LogP contribution in [0.3, 0.4) is 0 Å². The zero-order chi connectivity index (χ0) is 18.2. The summed E-state index contributed by atoms with van der Waals surface area (Å²) < 4.78 is 6.01. The van der Waals surface area contributed by atoms with Crippen LogP contribution in [0.1, 0.15) is 29.7 Å². The monoisotopic (exact) mass is 345 g/mol. The number of nitrogens with one attached hydrogen (secondary N) is 1. The topological polar surface area (TPSA) is 38.3 Å². The fourth-order valence-electron chi connectivity index (χ4n) is 2.94. The predicted molar refractivity (Wildman–Crippen MR) is 105 cm³/mol. The fourth-order valence-corrected chi connectivity index (χ4v) is 2.94. The number of anilines is 1. The molecule has 0 unspecified atom stereocenters. The molecule has 0 saturated carbocycles. The van der Waals surface area contributed by atoms with Crippen LogP contribution >= 0.6 is 0 Å². The van der Waals surface area contributed by atoms with Crippen molar-refractivity contribution in [3.05, 3.63) is 102 Å². The van der Waals surface area contributed by atoms with Crippen molar-refractivity contribution >= 4 is 11.6 Å². The zero-order valence-corrected chi connectivity index (χ0v) is 14.9. The molecule has 3 aromatic carbocycles. The van der Waals surface area contributed by atoms with Crippen LogP contribution in [-0.2, 0) is 16.0 Å². The van der Waals surface area contributed by atoms with E-state index in [2.05, 4.69) is 12.2 Å². The fraction of sp³-hybridized carbons (Fsp3) is 0.174. The molecular weight excluding hydrogens is 322 g/mol.